The van der Waals surface area contributed by atoms with E-state index in [1.807, 2.05) is 49.4 Å². The van der Waals surface area contributed by atoms with E-state index in [1.165, 1.54) is 19.3 Å². The lowest BCUT2D eigenvalue weighted by Gasteiger charge is -2.29. The van der Waals surface area contributed by atoms with Crippen LogP contribution in [0.1, 0.15) is 37.3 Å². The standard InChI is InChI=1S/C27H29Cl3N2O2/c1-2-33-26-15-20(14-24(30)27(26)34-18-19-6-8-21(28)9-7-19)17-31-22-10-11-25(23(29)16-22)32-12-4-3-5-13-32/h6-11,14-16,31H,2-5,12-13,17-18H2,1H3. The summed E-state index contributed by atoms with van der Waals surface area (Å²) in [4.78, 5) is 2.37. The van der Waals surface area contributed by atoms with Crippen molar-refractivity contribution in [1.29, 1.82) is 0 Å². The highest BCUT2D eigenvalue weighted by atomic mass is 35.5. The van der Waals surface area contributed by atoms with E-state index in [1.54, 1.807) is 0 Å². The van der Waals surface area contributed by atoms with Gasteiger partial charge in [0.25, 0.3) is 0 Å². The molecule has 0 atom stereocenters. The highest BCUT2D eigenvalue weighted by Gasteiger charge is 2.15. The largest absolute Gasteiger partial charge is 0.490 e. The summed E-state index contributed by atoms with van der Waals surface area (Å²) < 4.78 is 11.8. The Hall–Kier alpha value is -2.27. The van der Waals surface area contributed by atoms with Crippen molar-refractivity contribution in [3.05, 3.63) is 80.8 Å². The van der Waals surface area contributed by atoms with Gasteiger partial charge < -0.3 is 19.7 Å². The van der Waals surface area contributed by atoms with Crippen molar-refractivity contribution in [3.8, 4) is 11.5 Å². The molecule has 0 spiro atoms. The molecule has 180 valence electrons. The molecular weight excluding hydrogens is 491 g/mol. The Labute approximate surface area is 216 Å². The smallest absolute Gasteiger partial charge is 0.180 e. The monoisotopic (exact) mass is 518 g/mol. The predicted octanol–water partition coefficient (Wildman–Crippen LogP) is 8.23. The Bertz CT molecular complexity index is 1100. The van der Waals surface area contributed by atoms with Crippen molar-refractivity contribution in [1.82, 2.24) is 0 Å². The zero-order chi connectivity index (χ0) is 23.9. The molecule has 0 radical (unpaired) electrons. The van der Waals surface area contributed by atoms with Crippen LogP contribution >= 0.6 is 34.8 Å². The minimum atomic E-state index is 0.371. The summed E-state index contributed by atoms with van der Waals surface area (Å²) in [5.41, 5.74) is 4.06. The Morgan fingerprint density at radius 1 is 0.824 bits per heavy atom. The maximum atomic E-state index is 6.60. The first-order valence-electron chi connectivity index (χ1n) is 11.6. The van der Waals surface area contributed by atoms with Crippen molar-refractivity contribution < 1.29 is 9.47 Å². The minimum Gasteiger partial charge on any atom is -0.490 e. The predicted molar refractivity (Wildman–Crippen MR) is 143 cm³/mol. The van der Waals surface area contributed by atoms with Crippen molar-refractivity contribution >= 4 is 46.2 Å². The van der Waals surface area contributed by atoms with E-state index in [9.17, 15) is 0 Å². The van der Waals surface area contributed by atoms with Crippen LogP contribution in [-0.2, 0) is 13.2 Å². The maximum Gasteiger partial charge on any atom is 0.180 e. The highest BCUT2D eigenvalue weighted by molar-refractivity contribution is 6.33. The second-order valence-corrected chi connectivity index (χ2v) is 9.57. The van der Waals surface area contributed by atoms with Crippen molar-refractivity contribution in [2.45, 2.75) is 39.3 Å². The average molecular weight is 520 g/mol. The lowest BCUT2D eigenvalue weighted by molar-refractivity contribution is 0.269. The van der Waals surface area contributed by atoms with Crippen LogP contribution in [-0.4, -0.2) is 19.7 Å². The summed E-state index contributed by atoms with van der Waals surface area (Å²) in [6.07, 6.45) is 3.74. The highest BCUT2D eigenvalue weighted by Crippen LogP contribution is 2.38. The van der Waals surface area contributed by atoms with Gasteiger partial charge in [0.1, 0.15) is 6.61 Å². The van der Waals surface area contributed by atoms with Crippen molar-refractivity contribution in [3.63, 3.8) is 0 Å². The minimum absolute atomic E-state index is 0.371. The number of hydrogen-bond donors (Lipinski definition) is 1. The molecule has 1 fully saturated rings. The van der Waals surface area contributed by atoms with Gasteiger partial charge in [-0.2, -0.15) is 0 Å². The number of halogens is 3. The topological polar surface area (TPSA) is 33.7 Å². The average Bonchev–Trinajstić information content (AvgIpc) is 2.84. The zero-order valence-corrected chi connectivity index (χ0v) is 21.5. The molecular formula is C27H29Cl3N2O2. The summed E-state index contributed by atoms with van der Waals surface area (Å²) >= 11 is 19.2. The van der Waals surface area contributed by atoms with E-state index in [0.717, 1.165) is 40.6 Å². The zero-order valence-electron chi connectivity index (χ0n) is 19.3. The van der Waals surface area contributed by atoms with Gasteiger partial charge in [0.05, 0.1) is 22.3 Å². The molecule has 1 heterocycles. The lowest BCUT2D eigenvalue weighted by atomic mass is 10.1. The van der Waals surface area contributed by atoms with Gasteiger partial charge in [0.2, 0.25) is 0 Å². The Morgan fingerprint density at radius 2 is 1.59 bits per heavy atom. The first kappa shape index (κ1) is 24.8. The van der Waals surface area contributed by atoms with Crippen LogP contribution in [0.3, 0.4) is 0 Å². The summed E-state index contributed by atoms with van der Waals surface area (Å²) in [7, 11) is 0. The molecule has 0 aliphatic carbocycles. The number of ether oxygens (including phenoxy) is 2. The summed E-state index contributed by atoms with van der Waals surface area (Å²) in [6, 6.07) is 17.6. The molecule has 1 saturated heterocycles. The third-order valence-corrected chi connectivity index (χ3v) is 6.64. The molecule has 0 amide bonds. The van der Waals surface area contributed by atoms with Crippen LogP contribution in [0, 0.1) is 0 Å². The number of nitrogens with one attached hydrogen (secondary N) is 1. The van der Waals surface area contributed by atoms with Crippen molar-refractivity contribution in [2.24, 2.45) is 0 Å². The van der Waals surface area contributed by atoms with Gasteiger partial charge in [-0.15, -0.1) is 0 Å². The summed E-state index contributed by atoms with van der Waals surface area (Å²) in [5, 5.41) is 5.41. The van der Waals surface area contributed by atoms with Gasteiger partial charge in [-0.05, 0) is 79.8 Å². The molecule has 34 heavy (non-hydrogen) atoms. The fourth-order valence-corrected chi connectivity index (χ4v) is 4.79. The first-order valence-corrected chi connectivity index (χ1v) is 12.8. The third-order valence-electron chi connectivity index (χ3n) is 5.81. The lowest BCUT2D eigenvalue weighted by Crippen LogP contribution is -2.29. The van der Waals surface area contributed by atoms with Gasteiger partial charge in [0, 0.05) is 30.3 Å². The van der Waals surface area contributed by atoms with E-state index in [4.69, 9.17) is 44.3 Å². The Morgan fingerprint density at radius 3 is 2.29 bits per heavy atom. The van der Waals surface area contributed by atoms with Crippen LogP contribution in [0.4, 0.5) is 11.4 Å². The fraction of sp³-hybridized carbons (Fsp3) is 0.333. The van der Waals surface area contributed by atoms with Crippen LogP contribution < -0.4 is 19.7 Å². The first-order chi connectivity index (χ1) is 16.5. The molecule has 4 rings (SSSR count). The molecule has 0 bridgehead atoms. The molecule has 1 aliphatic heterocycles. The Balaban J connectivity index is 1.43. The maximum absolute atomic E-state index is 6.60. The molecule has 1 N–H and O–H groups in total. The van der Waals surface area contributed by atoms with Gasteiger partial charge in [-0.3, -0.25) is 0 Å². The summed E-state index contributed by atoms with van der Waals surface area (Å²) in [6.45, 7) is 5.54. The second kappa shape index (κ2) is 11.9. The molecule has 3 aromatic rings. The molecule has 4 nitrogen and oxygen atoms in total. The number of rotatable bonds is 9. The molecule has 0 unspecified atom stereocenters. The third kappa shape index (κ3) is 6.44. The number of nitrogens with zero attached hydrogens (tertiary/aromatic N) is 1. The molecule has 3 aromatic carbocycles. The normalized spacial score (nSPS) is 13.6. The van der Waals surface area contributed by atoms with Gasteiger partial charge in [-0.1, -0.05) is 46.9 Å². The SMILES string of the molecule is CCOc1cc(CNc2ccc(N3CCCCC3)c(Cl)c2)cc(Cl)c1OCc1ccc(Cl)cc1. The molecule has 7 heteroatoms. The fourth-order valence-electron chi connectivity index (χ4n) is 4.07. The quantitative estimate of drug-likeness (QED) is 0.309. The van der Waals surface area contributed by atoms with Crippen molar-refractivity contribution in [2.75, 3.05) is 29.9 Å². The van der Waals surface area contributed by atoms with E-state index in [2.05, 4.69) is 22.3 Å². The number of hydrogen-bond acceptors (Lipinski definition) is 4. The Kier molecular flexibility index (Phi) is 8.71. The molecule has 1 aliphatic rings. The second-order valence-electron chi connectivity index (χ2n) is 8.32. The van der Waals surface area contributed by atoms with Crippen LogP contribution in [0.15, 0.2) is 54.6 Å². The summed E-state index contributed by atoms with van der Waals surface area (Å²) in [5.74, 6) is 1.16. The van der Waals surface area contributed by atoms with Gasteiger partial charge in [0.15, 0.2) is 11.5 Å². The number of benzene rings is 3. The van der Waals surface area contributed by atoms with Gasteiger partial charge >= 0.3 is 0 Å². The van der Waals surface area contributed by atoms with Crippen LogP contribution in [0.2, 0.25) is 15.1 Å². The van der Waals surface area contributed by atoms with Crippen LogP contribution in [0.25, 0.3) is 0 Å². The van der Waals surface area contributed by atoms with E-state index < -0.39 is 0 Å². The van der Waals surface area contributed by atoms with E-state index in [0.29, 0.717) is 41.3 Å². The molecule has 0 aromatic heterocycles. The molecule has 0 saturated carbocycles. The number of piperidine rings is 1. The van der Waals surface area contributed by atoms with Crippen LogP contribution in [0.5, 0.6) is 11.5 Å². The van der Waals surface area contributed by atoms with Gasteiger partial charge in [-0.25, -0.2) is 0 Å². The van der Waals surface area contributed by atoms with E-state index in [-0.39, 0.29) is 0 Å². The van der Waals surface area contributed by atoms with E-state index >= 15 is 0 Å². The number of anilines is 2.